The predicted molar refractivity (Wildman–Crippen MR) is 121 cm³/mol. The summed E-state index contributed by atoms with van der Waals surface area (Å²) in [6, 6.07) is 9.83. The Bertz CT molecular complexity index is 1080. The van der Waals surface area contributed by atoms with Crippen LogP contribution in [0.4, 0.5) is 5.13 Å². The normalized spacial score (nSPS) is 19.7. The molecule has 1 saturated heterocycles. The van der Waals surface area contributed by atoms with Crippen molar-refractivity contribution < 1.29 is 9.53 Å². The zero-order valence-corrected chi connectivity index (χ0v) is 18.7. The Labute approximate surface area is 185 Å². The highest BCUT2D eigenvalue weighted by Crippen LogP contribution is 2.44. The fourth-order valence-corrected chi connectivity index (χ4v) is 5.38. The summed E-state index contributed by atoms with van der Waals surface area (Å²) in [5, 5.41) is 4.06. The Morgan fingerprint density at radius 3 is 2.77 bits per heavy atom. The average molecular weight is 438 g/mol. The van der Waals surface area contributed by atoms with E-state index in [1.54, 1.807) is 18.4 Å². The van der Waals surface area contributed by atoms with Crippen LogP contribution >= 0.6 is 11.3 Å². The molecule has 3 aromatic rings. The van der Waals surface area contributed by atoms with Crippen molar-refractivity contribution in [1.29, 1.82) is 0 Å². The molecule has 8 heteroatoms. The number of methoxy groups -OCH3 is 1. The number of ether oxygens (including phenoxy) is 1. The second-order valence-corrected chi connectivity index (χ2v) is 9.35. The molecule has 3 heterocycles. The molecule has 2 atom stereocenters. The van der Waals surface area contributed by atoms with Gasteiger partial charge in [-0.05, 0) is 38.2 Å². The van der Waals surface area contributed by atoms with Crippen LogP contribution in [-0.2, 0) is 16.1 Å². The number of hydrogen-bond acceptors (Lipinski definition) is 7. The summed E-state index contributed by atoms with van der Waals surface area (Å²) < 4.78 is 6.30. The third kappa shape index (κ3) is 4.14. The second-order valence-electron chi connectivity index (χ2n) is 8.37. The number of carbonyl (C=O) groups is 1. The van der Waals surface area contributed by atoms with Crippen LogP contribution in [0.2, 0.25) is 0 Å². The fourth-order valence-electron chi connectivity index (χ4n) is 4.23. The van der Waals surface area contributed by atoms with Crippen molar-refractivity contribution in [2.75, 3.05) is 18.6 Å². The largest absolute Gasteiger partial charge is 0.377 e. The van der Waals surface area contributed by atoms with Crippen LogP contribution in [0.3, 0.4) is 0 Å². The maximum Gasteiger partial charge on any atom is 0.243 e. The Morgan fingerprint density at radius 1 is 1.23 bits per heavy atom. The van der Waals surface area contributed by atoms with E-state index in [9.17, 15) is 4.79 Å². The van der Waals surface area contributed by atoms with Crippen LogP contribution in [0.1, 0.15) is 61.6 Å². The van der Waals surface area contributed by atoms with Crippen molar-refractivity contribution in [3.05, 3.63) is 47.4 Å². The van der Waals surface area contributed by atoms with Crippen molar-refractivity contribution >= 4 is 32.7 Å². The van der Waals surface area contributed by atoms with E-state index in [0.29, 0.717) is 18.3 Å². The van der Waals surface area contributed by atoms with Crippen molar-refractivity contribution in [2.45, 2.75) is 57.2 Å². The molecule has 1 aliphatic carbocycles. The smallest absolute Gasteiger partial charge is 0.243 e. The van der Waals surface area contributed by atoms with Gasteiger partial charge in [0.1, 0.15) is 12.6 Å². The second kappa shape index (κ2) is 8.51. The quantitative estimate of drug-likeness (QED) is 0.603. The number of hydrogen-bond donors (Lipinski definition) is 1. The van der Waals surface area contributed by atoms with Crippen LogP contribution in [0, 0.1) is 0 Å². The summed E-state index contributed by atoms with van der Waals surface area (Å²) in [6.07, 6.45) is 4.14. The van der Waals surface area contributed by atoms with Crippen molar-refractivity contribution in [3.63, 3.8) is 0 Å². The minimum atomic E-state index is -0.206. The monoisotopic (exact) mass is 437 g/mol. The first-order valence-corrected chi connectivity index (χ1v) is 11.7. The molecule has 0 radical (unpaired) electrons. The van der Waals surface area contributed by atoms with Gasteiger partial charge in [-0.2, -0.15) is 4.98 Å². The lowest BCUT2D eigenvalue weighted by Crippen LogP contribution is -2.44. The summed E-state index contributed by atoms with van der Waals surface area (Å²) in [5.74, 6) is 1.24. The number of rotatable bonds is 7. The summed E-state index contributed by atoms with van der Waals surface area (Å²) in [7, 11) is 1.65. The molecule has 2 fully saturated rings. The standard InChI is InChI=1S/C23H27N5O2S/c1-14(15-7-4-3-5-8-15)24-22(29)17-9-6-12-28(17)23-27-21-20(31-23)19(16-10-11-16)25-18(26-21)13-30-2/h3-5,7-8,14,16-17H,6,9-13H2,1-2H3,(H,24,29)/t14-,17-/m1/s1. The Hall–Kier alpha value is -2.58. The van der Waals surface area contributed by atoms with E-state index in [1.807, 2.05) is 37.3 Å². The highest BCUT2D eigenvalue weighted by Gasteiger charge is 2.35. The molecule has 1 N–H and O–H groups in total. The average Bonchev–Trinajstić information content (AvgIpc) is 3.34. The Kier molecular flexibility index (Phi) is 5.58. The lowest BCUT2D eigenvalue weighted by atomic mass is 10.1. The predicted octanol–water partition coefficient (Wildman–Crippen LogP) is 3.96. The number of aromatic nitrogens is 3. The summed E-state index contributed by atoms with van der Waals surface area (Å²) >= 11 is 1.62. The van der Waals surface area contributed by atoms with Gasteiger partial charge in [-0.25, -0.2) is 9.97 Å². The van der Waals surface area contributed by atoms with E-state index in [-0.39, 0.29) is 18.0 Å². The minimum absolute atomic E-state index is 0.0320. The molecular weight excluding hydrogens is 410 g/mol. The molecule has 2 aliphatic rings. The van der Waals surface area contributed by atoms with Gasteiger partial charge >= 0.3 is 0 Å². The molecule has 2 aromatic heterocycles. The van der Waals surface area contributed by atoms with Crippen LogP contribution < -0.4 is 10.2 Å². The van der Waals surface area contributed by atoms with Crippen LogP contribution in [0.5, 0.6) is 0 Å². The summed E-state index contributed by atoms with van der Waals surface area (Å²) in [4.78, 5) is 29.5. The number of carbonyl (C=O) groups excluding carboxylic acids is 1. The maximum absolute atomic E-state index is 13.1. The van der Waals surface area contributed by atoms with Gasteiger partial charge < -0.3 is 15.0 Å². The summed E-state index contributed by atoms with van der Waals surface area (Å²) in [5.41, 5.74) is 2.93. The van der Waals surface area contributed by atoms with Gasteiger partial charge in [0.25, 0.3) is 0 Å². The number of nitrogens with one attached hydrogen (secondary N) is 1. The first-order valence-electron chi connectivity index (χ1n) is 10.9. The number of fused-ring (bicyclic) bond motifs is 1. The van der Waals surface area contributed by atoms with E-state index >= 15 is 0 Å². The molecular formula is C23H27N5O2S. The Balaban J connectivity index is 1.40. The van der Waals surface area contributed by atoms with Crippen LogP contribution in [0.15, 0.2) is 30.3 Å². The molecule has 0 spiro atoms. The molecule has 1 aromatic carbocycles. The molecule has 1 saturated carbocycles. The molecule has 1 amide bonds. The molecule has 1 aliphatic heterocycles. The summed E-state index contributed by atoms with van der Waals surface area (Å²) in [6.45, 7) is 3.24. The number of nitrogens with zero attached hydrogens (tertiary/aromatic N) is 4. The SMILES string of the molecule is COCc1nc(C2CC2)c2sc(N3CCC[C@@H]3C(=O)N[C@H](C)c3ccccc3)nc2n1. The van der Waals surface area contributed by atoms with E-state index in [0.717, 1.165) is 59.0 Å². The number of amides is 1. The van der Waals surface area contributed by atoms with Gasteiger partial charge in [-0.15, -0.1) is 0 Å². The van der Waals surface area contributed by atoms with Gasteiger partial charge in [-0.3, -0.25) is 4.79 Å². The van der Waals surface area contributed by atoms with E-state index in [1.165, 1.54) is 0 Å². The number of anilines is 1. The lowest BCUT2D eigenvalue weighted by Gasteiger charge is -2.25. The van der Waals surface area contributed by atoms with E-state index in [2.05, 4.69) is 15.2 Å². The van der Waals surface area contributed by atoms with Gasteiger partial charge in [0, 0.05) is 19.6 Å². The van der Waals surface area contributed by atoms with E-state index < -0.39 is 0 Å². The fraction of sp³-hybridized carbons (Fsp3) is 0.478. The molecule has 7 nitrogen and oxygen atoms in total. The number of thiazole rings is 1. The van der Waals surface area contributed by atoms with Gasteiger partial charge in [0.05, 0.1) is 16.4 Å². The Morgan fingerprint density at radius 2 is 2.03 bits per heavy atom. The van der Waals surface area contributed by atoms with Crippen molar-refractivity contribution in [1.82, 2.24) is 20.3 Å². The van der Waals surface area contributed by atoms with Gasteiger partial charge in [-0.1, -0.05) is 41.7 Å². The molecule has 0 bridgehead atoms. The molecule has 31 heavy (non-hydrogen) atoms. The molecule has 162 valence electrons. The first kappa shape index (κ1) is 20.3. The molecule has 5 rings (SSSR count). The van der Waals surface area contributed by atoms with Gasteiger partial charge in [0.15, 0.2) is 16.6 Å². The van der Waals surface area contributed by atoms with Crippen molar-refractivity contribution in [3.8, 4) is 0 Å². The number of benzene rings is 1. The van der Waals surface area contributed by atoms with Crippen LogP contribution in [0.25, 0.3) is 10.3 Å². The first-order chi connectivity index (χ1) is 15.1. The lowest BCUT2D eigenvalue weighted by molar-refractivity contribution is -0.122. The zero-order valence-electron chi connectivity index (χ0n) is 17.9. The van der Waals surface area contributed by atoms with Crippen LogP contribution in [-0.4, -0.2) is 40.6 Å². The maximum atomic E-state index is 13.1. The highest BCUT2D eigenvalue weighted by atomic mass is 32.1. The van der Waals surface area contributed by atoms with E-state index in [4.69, 9.17) is 14.7 Å². The molecule has 0 unspecified atom stereocenters. The minimum Gasteiger partial charge on any atom is -0.377 e. The topological polar surface area (TPSA) is 80.2 Å². The third-order valence-electron chi connectivity index (χ3n) is 6.01. The van der Waals surface area contributed by atoms with Crippen molar-refractivity contribution in [2.24, 2.45) is 0 Å². The zero-order chi connectivity index (χ0) is 21.4. The highest BCUT2D eigenvalue weighted by molar-refractivity contribution is 7.22. The van der Waals surface area contributed by atoms with Gasteiger partial charge in [0.2, 0.25) is 5.91 Å². The third-order valence-corrected chi connectivity index (χ3v) is 7.12.